The van der Waals surface area contributed by atoms with Gasteiger partial charge in [-0.2, -0.15) is 0 Å². The van der Waals surface area contributed by atoms with Gasteiger partial charge in [0, 0.05) is 0 Å². The summed E-state index contributed by atoms with van der Waals surface area (Å²) in [6, 6.07) is 8.62. The first kappa shape index (κ1) is 35.4. The fraction of sp³-hybridized carbons (Fsp3) is 0.724. The van der Waals surface area contributed by atoms with E-state index in [2.05, 4.69) is 58.5 Å². The second kappa shape index (κ2) is 29.2. The fourth-order valence-electron chi connectivity index (χ4n) is 2.82. The number of rotatable bonds is 4. The standard InChI is InChI=1S/C14H20.C7H14.4C2H6/c1-11(2)12(3)9-10-14-8-6-5-7-13(14)4;1-7-5-3-2-4-6-7;4*1-2/h5-8,12H,1,9-10H2,2-4H3;7H,2-6H2,1H3;4*1-2H3. The van der Waals surface area contributed by atoms with E-state index in [1.54, 1.807) is 0 Å². The molecule has 1 fully saturated rings. The third kappa shape index (κ3) is 23.1. The van der Waals surface area contributed by atoms with E-state index in [1.807, 2.05) is 55.4 Å². The van der Waals surface area contributed by atoms with Crippen molar-refractivity contribution in [2.75, 3.05) is 0 Å². The minimum absolute atomic E-state index is 0.634. The normalized spacial score (nSPS) is 13.0. The summed E-state index contributed by atoms with van der Waals surface area (Å²) < 4.78 is 0. The summed E-state index contributed by atoms with van der Waals surface area (Å²) in [6.07, 6.45) is 9.81. The van der Waals surface area contributed by atoms with Crippen molar-refractivity contribution in [3.63, 3.8) is 0 Å². The zero-order chi connectivity index (χ0) is 23.7. The van der Waals surface area contributed by atoms with Crippen LogP contribution in [0.1, 0.15) is 126 Å². The summed E-state index contributed by atoms with van der Waals surface area (Å²) in [5, 5.41) is 0. The van der Waals surface area contributed by atoms with E-state index in [1.165, 1.54) is 61.6 Å². The molecule has 2 rings (SSSR count). The van der Waals surface area contributed by atoms with E-state index in [-0.39, 0.29) is 0 Å². The average Bonchev–Trinajstić information content (AvgIpc) is 2.79. The largest absolute Gasteiger partial charge is 0.0999 e. The molecule has 0 heterocycles. The molecule has 1 aromatic carbocycles. The third-order valence-corrected chi connectivity index (χ3v) is 4.84. The van der Waals surface area contributed by atoms with Gasteiger partial charge in [-0.05, 0) is 49.7 Å². The van der Waals surface area contributed by atoms with E-state index < -0.39 is 0 Å². The topological polar surface area (TPSA) is 0 Å². The van der Waals surface area contributed by atoms with Crippen LogP contribution >= 0.6 is 0 Å². The Bertz CT molecular complexity index is 410. The van der Waals surface area contributed by atoms with Crippen LogP contribution in [-0.2, 0) is 6.42 Å². The SMILES string of the molecule is C=C(C)C(C)CCc1ccccc1C.CC.CC.CC.CC.CC1CCCCC1. The molecule has 1 aromatic rings. The Hall–Kier alpha value is -1.04. The molecule has 0 nitrogen and oxygen atoms in total. The van der Waals surface area contributed by atoms with E-state index in [9.17, 15) is 0 Å². The zero-order valence-corrected chi connectivity index (χ0v) is 22.6. The summed E-state index contributed by atoms with van der Waals surface area (Å²) in [5.74, 6) is 1.67. The van der Waals surface area contributed by atoms with E-state index in [0.717, 1.165) is 5.92 Å². The highest BCUT2D eigenvalue weighted by Crippen LogP contribution is 2.22. The van der Waals surface area contributed by atoms with E-state index in [4.69, 9.17) is 0 Å². The van der Waals surface area contributed by atoms with Crippen molar-refractivity contribution in [3.8, 4) is 0 Å². The first-order valence-electron chi connectivity index (χ1n) is 12.7. The first-order valence-corrected chi connectivity index (χ1v) is 12.7. The lowest BCUT2D eigenvalue weighted by atomic mass is 9.91. The van der Waals surface area contributed by atoms with Crippen molar-refractivity contribution in [3.05, 3.63) is 47.5 Å². The van der Waals surface area contributed by atoms with Crippen molar-refractivity contribution in [2.24, 2.45) is 11.8 Å². The summed E-state index contributed by atoms with van der Waals surface area (Å²) >= 11 is 0. The molecule has 0 saturated heterocycles. The summed E-state index contributed by atoms with van der Waals surface area (Å²) in [7, 11) is 0. The molecule has 0 radical (unpaired) electrons. The van der Waals surface area contributed by atoms with Crippen LogP contribution < -0.4 is 0 Å². The molecule has 0 bridgehead atoms. The smallest absolute Gasteiger partial charge is 0.0234 e. The van der Waals surface area contributed by atoms with Crippen LogP contribution in [0.4, 0.5) is 0 Å². The second-order valence-corrected chi connectivity index (χ2v) is 6.96. The average molecular weight is 407 g/mol. The van der Waals surface area contributed by atoms with Crippen molar-refractivity contribution >= 4 is 0 Å². The Balaban J connectivity index is -0.000000175. The van der Waals surface area contributed by atoms with Crippen LogP contribution in [0, 0.1) is 18.8 Å². The second-order valence-electron chi connectivity index (χ2n) is 6.96. The molecule has 1 atom stereocenters. The van der Waals surface area contributed by atoms with Gasteiger partial charge in [0.25, 0.3) is 0 Å². The van der Waals surface area contributed by atoms with Gasteiger partial charge in [0.05, 0.1) is 0 Å². The Labute approximate surface area is 187 Å². The monoisotopic (exact) mass is 406 g/mol. The van der Waals surface area contributed by atoms with Crippen molar-refractivity contribution in [1.82, 2.24) is 0 Å². The maximum absolute atomic E-state index is 3.99. The van der Waals surface area contributed by atoms with E-state index >= 15 is 0 Å². The van der Waals surface area contributed by atoms with Crippen molar-refractivity contribution < 1.29 is 0 Å². The molecular weight excluding hydrogens is 348 g/mol. The van der Waals surface area contributed by atoms with Gasteiger partial charge in [0.2, 0.25) is 0 Å². The molecule has 0 N–H and O–H groups in total. The van der Waals surface area contributed by atoms with Gasteiger partial charge < -0.3 is 0 Å². The van der Waals surface area contributed by atoms with Gasteiger partial charge in [-0.1, -0.05) is 138 Å². The fourth-order valence-corrected chi connectivity index (χ4v) is 2.82. The molecule has 1 saturated carbocycles. The maximum Gasteiger partial charge on any atom is -0.0234 e. The quantitative estimate of drug-likeness (QED) is 0.436. The molecule has 0 aliphatic heterocycles. The van der Waals surface area contributed by atoms with Gasteiger partial charge in [-0.3, -0.25) is 0 Å². The maximum atomic E-state index is 3.99. The lowest BCUT2D eigenvalue weighted by Gasteiger charge is -2.15. The predicted molar refractivity (Wildman–Crippen MR) is 141 cm³/mol. The summed E-state index contributed by atoms with van der Waals surface area (Å²) in [4.78, 5) is 0. The van der Waals surface area contributed by atoms with E-state index in [0.29, 0.717) is 5.92 Å². The molecule has 0 spiro atoms. The molecule has 29 heavy (non-hydrogen) atoms. The number of hydrogen-bond donors (Lipinski definition) is 0. The van der Waals surface area contributed by atoms with Crippen molar-refractivity contribution in [1.29, 1.82) is 0 Å². The minimum atomic E-state index is 0.634. The van der Waals surface area contributed by atoms with Crippen LogP contribution in [0.25, 0.3) is 0 Å². The van der Waals surface area contributed by atoms with Crippen LogP contribution in [-0.4, -0.2) is 0 Å². The van der Waals surface area contributed by atoms with Crippen LogP contribution in [0.3, 0.4) is 0 Å². The van der Waals surface area contributed by atoms with Crippen LogP contribution in [0.15, 0.2) is 36.4 Å². The summed E-state index contributed by atoms with van der Waals surface area (Å²) in [6.45, 7) is 28.9. The Morgan fingerprint density at radius 3 is 1.69 bits per heavy atom. The molecule has 174 valence electrons. The number of benzene rings is 1. The number of aryl methyl sites for hydroxylation is 2. The molecule has 1 unspecified atom stereocenters. The molecular formula is C29H58. The van der Waals surface area contributed by atoms with Crippen LogP contribution in [0.2, 0.25) is 0 Å². The zero-order valence-electron chi connectivity index (χ0n) is 22.6. The van der Waals surface area contributed by atoms with Crippen LogP contribution in [0.5, 0.6) is 0 Å². The Morgan fingerprint density at radius 2 is 1.34 bits per heavy atom. The number of allylic oxidation sites excluding steroid dienone is 1. The molecule has 1 aliphatic carbocycles. The van der Waals surface area contributed by atoms with Crippen molar-refractivity contribution in [2.45, 2.75) is 128 Å². The molecule has 0 amide bonds. The predicted octanol–water partition coefficient (Wildman–Crippen LogP) is 10.8. The Morgan fingerprint density at radius 1 is 0.897 bits per heavy atom. The number of hydrogen-bond acceptors (Lipinski definition) is 0. The third-order valence-electron chi connectivity index (χ3n) is 4.84. The highest BCUT2D eigenvalue weighted by atomic mass is 14.1. The van der Waals surface area contributed by atoms with Gasteiger partial charge in [-0.15, -0.1) is 0 Å². The first-order chi connectivity index (χ1) is 14.0. The lowest BCUT2D eigenvalue weighted by molar-refractivity contribution is 0.385. The van der Waals surface area contributed by atoms with Gasteiger partial charge in [0.1, 0.15) is 0 Å². The molecule has 0 aromatic heterocycles. The summed E-state index contributed by atoms with van der Waals surface area (Å²) in [5.41, 5.74) is 4.17. The molecule has 1 aliphatic rings. The van der Waals surface area contributed by atoms with Gasteiger partial charge >= 0.3 is 0 Å². The molecule has 0 heteroatoms. The van der Waals surface area contributed by atoms with Gasteiger partial charge in [0.15, 0.2) is 0 Å². The highest BCUT2D eigenvalue weighted by Gasteiger charge is 2.06. The lowest BCUT2D eigenvalue weighted by Crippen LogP contribution is -1.99. The Kier molecular flexibility index (Phi) is 35.6. The van der Waals surface area contributed by atoms with Gasteiger partial charge in [-0.25, -0.2) is 0 Å². The highest BCUT2D eigenvalue weighted by molar-refractivity contribution is 5.25. The minimum Gasteiger partial charge on any atom is -0.0999 e.